The molecule has 2 rings (SSSR count). The van der Waals surface area contributed by atoms with Gasteiger partial charge >= 0.3 is 0 Å². The predicted octanol–water partition coefficient (Wildman–Crippen LogP) is 2.75. The molecule has 0 saturated carbocycles. The van der Waals surface area contributed by atoms with Crippen molar-refractivity contribution in [2.45, 2.75) is 4.90 Å². The van der Waals surface area contributed by atoms with Crippen LogP contribution in [0.2, 0.25) is 5.02 Å². The molecule has 0 aliphatic heterocycles. The van der Waals surface area contributed by atoms with Crippen molar-refractivity contribution in [3.8, 4) is 5.75 Å². The van der Waals surface area contributed by atoms with Crippen LogP contribution in [-0.4, -0.2) is 39.3 Å². The molecule has 0 saturated heterocycles. The smallest absolute Gasteiger partial charge is 0.243 e. The molecule has 0 heterocycles. The van der Waals surface area contributed by atoms with Gasteiger partial charge in [-0.2, -0.15) is 4.31 Å². The van der Waals surface area contributed by atoms with Gasteiger partial charge in [-0.25, -0.2) is 12.8 Å². The number of nitrogens with zero attached hydrogens (tertiary/aromatic N) is 1. The number of hydrogen-bond acceptors (Lipinski definition) is 4. The summed E-state index contributed by atoms with van der Waals surface area (Å²) in [5.74, 6) is -0.768. The quantitative estimate of drug-likeness (QED) is 0.828. The number of rotatable bonds is 6. The van der Waals surface area contributed by atoms with Crippen LogP contribution >= 0.6 is 11.6 Å². The highest BCUT2D eigenvalue weighted by molar-refractivity contribution is 7.89. The van der Waals surface area contributed by atoms with Crippen LogP contribution in [0.15, 0.2) is 47.4 Å². The summed E-state index contributed by atoms with van der Waals surface area (Å²) in [6.45, 7) is -0.442. The van der Waals surface area contributed by atoms with Gasteiger partial charge in [-0.15, -0.1) is 0 Å². The minimum Gasteiger partial charge on any atom is -0.495 e. The summed E-state index contributed by atoms with van der Waals surface area (Å²) in [5.41, 5.74) is 0.239. The molecule has 2 aromatic rings. The second kappa shape index (κ2) is 7.81. The van der Waals surface area contributed by atoms with Gasteiger partial charge < -0.3 is 10.1 Å². The zero-order valence-corrected chi connectivity index (χ0v) is 15.1. The Bertz CT molecular complexity index is 889. The second-order valence-electron chi connectivity index (χ2n) is 5.12. The lowest BCUT2D eigenvalue weighted by Crippen LogP contribution is -2.35. The van der Waals surface area contributed by atoms with E-state index < -0.39 is 28.3 Å². The summed E-state index contributed by atoms with van der Waals surface area (Å²) in [7, 11) is -1.25. The van der Waals surface area contributed by atoms with E-state index in [0.717, 1.165) is 10.4 Å². The molecule has 0 unspecified atom stereocenters. The van der Waals surface area contributed by atoms with Crippen molar-refractivity contribution in [1.29, 1.82) is 0 Å². The molecular weight excluding hydrogens is 371 g/mol. The number of halogens is 2. The van der Waals surface area contributed by atoms with E-state index in [9.17, 15) is 17.6 Å². The Hall–Kier alpha value is -2.16. The molecule has 6 nitrogen and oxygen atoms in total. The highest BCUT2D eigenvalue weighted by Gasteiger charge is 2.24. The van der Waals surface area contributed by atoms with E-state index in [1.807, 2.05) is 0 Å². The molecule has 1 amide bonds. The number of sulfonamides is 1. The molecule has 0 fully saturated rings. The normalized spacial score (nSPS) is 11.4. The Balaban J connectivity index is 2.11. The highest BCUT2D eigenvalue weighted by Crippen LogP contribution is 2.28. The Morgan fingerprint density at radius 1 is 1.28 bits per heavy atom. The van der Waals surface area contributed by atoms with Gasteiger partial charge in [0.25, 0.3) is 0 Å². The first-order valence-corrected chi connectivity index (χ1v) is 8.91. The monoisotopic (exact) mass is 386 g/mol. The summed E-state index contributed by atoms with van der Waals surface area (Å²) in [4.78, 5) is 11.9. The van der Waals surface area contributed by atoms with Crippen LogP contribution in [0.25, 0.3) is 0 Å². The lowest BCUT2D eigenvalue weighted by Gasteiger charge is -2.17. The van der Waals surface area contributed by atoms with E-state index in [1.165, 1.54) is 50.6 Å². The summed E-state index contributed by atoms with van der Waals surface area (Å²) in [5, 5.41) is 2.58. The number of carbonyl (C=O) groups excluding carboxylic acids is 1. The SMILES string of the molecule is COc1ccc(S(=O)(=O)N(C)CC(=O)Nc2cccc(F)c2)cc1Cl. The fourth-order valence-electron chi connectivity index (χ4n) is 2.04. The van der Waals surface area contributed by atoms with Crippen LogP contribution < -0.4 is 10.1 Å². The van der Waals surface area contributed by atoms with E-state index in [1.54, 1.807) is 0 Å². The Morgan fingerprint density at radius 2 is 2.00 bits per heavy atom. The molecule has 9 heteroatoms. The lowest BCUT2D eigenvalue weighted by molar-refractivity contribution is -0.116. The van der Waals surface area contributed by atoms with Crippen LogP contribution in [0.3, 0.4) is 0 Å². The average Bonchev–Trinajstić information content (AvgIpc) is 2.54. The van der Waals surface area contributed by atoms with E-state index in [0.29, 0.717) is 5.75 Å². The Labute approximate surface area is 150 Å². The molecule has 0 atom stereocenters. The van der Waals surface area contributed by atoms with E-state index in [-0.39, 0.29) is 15.6 Å². The number of methoxy groups -OCH3 is 1. The number of ether oxygens (including phenoxy) is 1. The van der Waals surface area contributed by atoms with E-state index in [4.69, 9.17) is 16.3 Å². The number of amides is 1. The number of carbonyl (C=O) groups is 1. The fraction of sp³-hybridized carbons (Fsp3) is 0.188. The molecule has 0 aliphatic carbocycles. The van der Waals surface area contributed by atoms with Crippen LogP contribution in [-0.2, 0) is 14.8 Å². The third-order valence-corrected chi connectivity index (χ3v) is 5.40. The van der Waals surface area contributed by atoms with Gasteiger partial charge in [-0.05, 0) is 36.4 Å². The number of nitrogens with one attached hydrogen (secondary N) is 1. The van der Waals surface area contributed by atoms with Crippen molar-refractivity contribution in [1.82, 2.24) is 4.31 Å². The van der Waals surface area contributed by atoms with E-state index >= 15 is 0 Å². The summed E-state index contributed by atoms with van der Waals surface area (Å²) < 4.78 is 44.0. The van der Waals surface area contributed by atoms with Gasteiger partial charge in [0, 0.05) is 12.7 Å². The van der Waals surface area contributed by atoms with Gasteiger partial charge in [-0.3, -0.25) is 4.79 Å². The van der Waals surface area contributed by atoms with Crippen LogP contribution in [0.1, 0.15) is 0 Å². The largest absolute Gasteiger partial charge is 0.495 e. The fourth-order valence-corrected chi connectivity index (χ4v) is 3.52. The maximum Gasteiger partial charge on any atom is 0.243 e. The van der Waals surface area contributed by atoms with Crippen molar-refractivity contribution in [3.05, 3.63) is 53.3 Å². The summed E-state index contributed by atoms with van der Waals surface area (Å²) in [6.07, 6.45) is 0. The predicted molar refractivity (Wildman–Crippen MR) is 92.8 cm³/mol. The number of benzene rings is 2. The standard InChI is InChI=1S/C16H16ClFN2O4S/c1-20(10-16(21)19-12-5-3-4-11(18)8-12)25(22,23)13-6-7-15(24-2)14(17)9-13/h3-9H,10H2,1-2H3,(H,19,21). The van der Waals surface area contributed by atoms with Crippen molar-refractivity contribution in [2.75, 3.05) is 26.0 Å². The molecule has 25 heavy (non-hydrogen) atoms. The zero-order chi connectivity index (χ0) is 18.6. The maximum absolute atomic E-state index is 13.1. The number of anilines is 1. The molecule has 2 aromatic carbocycles. The van der Waals surface area contributed by atoms with Crippen molar-refractivity contribution >= 4 is 33.2 Å². The molecule has 0 aromatic heterocycles. The van der Waals surface area contributed by atoms with Crippen molar-refractivity contribution in [2.24, 2.45) is 0 Å². The minimum absolute atomic E-state index is 0.0700. The lowest BCUT2D eigenvalue weighted by atomic mass is 10.3. The molecule has 1 N–H and O–H groups in total. The molecule has 0 radical (unpaired) electrons. The summed E-state index contributed by atoms with van der Waals surface area (Å²) >= 11 is 5.95. The minimum atomic E-state index is -3.92. The van der Waals surface area contributed by atoms with Crippen molar-refractivity contribution < 1.29 is 22.3 Å². The third-order valence-electron chi connectivity index (χ3n) is 3.31. The van der Waals surface area contributed by atoms with Gasteiger partial charge in [-0.1, -0.05) is 17.7 Å². The second-order valence-corrected chi connectivity index (χ2v) is 7.57. The molecular formula is C16H16ClFN2O4S. The number of likely N-dealkylation sites (N-methyl/N-ethyl adjacent to an activating group) is 1. The van der Waals surface area contributed by atoms with Crippen LogP contribution in [0.5, 0.6) is 5.75 Å². The van der Waals surface area contributed by atoms with E-state index in [2.05, 4.69) is 5.32 Å². The van der Waals surface area contributed by atoms with Gasteiger partial charge in [0.15, 0.2) is 0 Å². The van der Waals surface area contributed by atoms with Crippen LogP contribution in [0, 0.1) is 5.82 Å². The van der Waals surface area contributed by atoms with Crippen LogP contribution in [0.4, 0.5) is 10.1 Å². The zero-order valence-electron chi connectivity index (χ0n) is 13.5. The Morgan fingerprint density at radius 3 is 2.60 bits per heavy atom. The first-order chi connectivity index (χ1) is 11.7. The first-order valence-electron chi connectivity index (χ1n) is 7.09. The molecule has 0 spiro atoms. The number of hydrogen-bond donors (Lipinski definition) is 1. The summed E-state index contributed by atoms with van der Waals surface area (Å²) in [6, 6.07) is 9.31. The highest BCUT2D eigenvalue weighted by atomic mass is 35.5. The van der Waals surface area contributed by atoms with Gasteiger partial charge in [0.05, 0.1) is 23.6 Å². The molecule has 0 bridgehead atoms. The molecule has 134 valence electrons. The van der Waals surface area contributed by atoms with Crippen molar-refractivity contribution in [3.63, 3.8) is 0 Å². The molecule has 0 aliphatic rings. The first kappa shape index (κ1) is 19.2. The van der Waals surface area contributed by atoms with Gasteiger partial charge in [0.1, 0.15) is 11.6 Å². The maximum atomic E-state index is 13.1. The third kappa shape index (κ3) is 4.68. The van der Waals surface area contributed by atoms with Gasteiger partial charge in [0.2, 0.25) is 15.9 Å². The average molecular weight is 387 g/mol. The topological polar surface area (TPSA) is 75.7 Å². The Kier molecular flexibility index (Phi) is 5.99.